The van der Waals surface area contributed by atoms with Crippen LogP contribution in [0.25, 0.3) is 0 Å². The zero-order valence-electron chi connectivity index (χ0n) is 13.5. The van der Waals surface area contributed by atoms with E-state index in [1.807, 2.05) is 20.8 Å². The van der Waals surface area contributed by atoms with Crippen molar-refractivity contribution >= 4 is 6.09 Å². The number of hydrogen-bond acceptors (Lipinski definition) is 3. The van der Waals surface area contributed by atoms with Crippen molar-refractivity contribution < 1.29 is 9.53 Å². The average Bonchev–Trinajstić information content (AvgIpc) is 2.25. The quantitative estimate of drug-likeness (QED) is 0.712. The molecule has 0 rings (SSSR count). The first-order valence-electron chi connectivity index (χ1n) is 7.48. The van der Waals surface area contributed by atoms with Gasteiger partial charge in [-0.2, -0.15) is 0 Å². The Morgan fingerprint density at radius 1 is 1.21 bits per heavy atom. The van der Waals surface area contributed by atoms with E-state index in [-0.39, 0.29) is 12.1 Å². The van der Waals surface area contributed by atoms with Crippen LogP contribution in [0.1, 0.15) is 60.8 Å². The summed E-state index contributed by atoms with van der Waals surface area (Å²) in [5, 5.41) is 6.32. The lowest BCUT2D eigenvalue weighted by atomic mass is 10.1. The highest BCUT2D eigenvalue weighted by Crippen LogP contribution is 2.07. The molecule has 2 N–H and O–H groups in total. The molecule has 19 heavy (non-hydrogen) atoms. The summed E-state index contributed by atoms with van der Waals surface area (Å²) >= 11 is 0. The van der Waals surface area contributed by atoms with Gasteiger partial charge in [0.1, 0.15) is 5.60 Å². The third kappa shape index (κ3) is 10.8. The average molecular weight is 272 g/mol. The Kier molecular flexibility index (Phi) is 8.81. The van der Waals surface area contributed by atoms with Gasteiger partial charge in [-0.05, 0) is 46.1 Å². The molecule has 0 aromatic heterocycles. The number of ether oxygens (including phenoxy) is 1. The van der Waals surface area contributed by atoms with Crippen LogP contribution < -0.4 is 10.6 Å². The Morgan fingerprint density at radius 3 is 2.32 bits per heavy atom. The number of alkyl carbamates (subject to hydrolysis) is 1. The van der Waals surface area contributed by atoms with Gasteiger partial charge in [-0.15, -0.1) is 0 Å². The number of nitrogens with one attached hydrogen (secondary N) is 2. The highest BCUT2D eigenvalue weighted by Gasteiger charge is 2.18. The molecule has 0 aromatic rings. The van der Waals surface area contributed by atoms with Crippen molar-refractivity contribution in [2.45, 2.75) is 72.4 Å². The van der Waals surface area contributed by atoms with E-state index in [1.165, 1.54) is 12.8 Å². The molecular formula is C15H32N2O2. The molecule has 0 fully saturated rings. The third-order valence-corrected chi connectivity index (χ3v) is 2.88. The van der Waals surface area contributed by atoms with E-state index >= 15 is 0 Å². The number of carbonyl (C=O) groups is 1. The number of amides is 1. The topological polar surface area (TPSA) is 50.4 Å². The van der Waals surface area contributed by atoms with Gasteiger partial charge >= 0.3 is 6.09 Å². The molecule has 0 radical (unpaired) electrons. The van der Waals surface area contributed by atoms with Crippen LogP contribution in [-0.4, -0.2) is 30.8 Å². The van der Waals surface area contributed by atoms with Crippen LogP contribution in [0.4, 0.5) is 4.79 Å². The normalized spacial score (nSPS) is 14.8. The molecule has 2 unspecified atom stereocenters. The Morgan fingerprint density at radius 2 is 1.84 bits per heavy atom. The Labute approximate surface area is 118 Å². The molecule has 0 aliphatic carbocycles. The smallest absolute Gasteiger partial charge is 0.407 e. The third-order valence-electron chi connectivity index (χ3n) is 2.88. The number of hydrogen-bond donors (Lipinski definition) is 2. The van der Waals surface area contributed by atoms with Gasteiger partial charge in [-0.1, -0.05) is 27.2 Å². The van der Waals surface area contributed by atoms with E-state index in [2.05, 4.69) is 31.4 Å². The van der Waals surface area contributed by atoms with Gasteiger partial charge in [0, 0.05) is 12.6 Å². The molecule has 0 aromatic carbocycles. The molecule has 4 nitrogen and oxygen atoms in total. The largest absolute Gasteiger partial charge is 0.444 e. The van der Waals surface area contributed by atoms with Gasteiger partial charge in [0.25, 0.3) is 0 Å². The maximum atomic E-state index is 11.7. The summed E-state index contributed by atoms with van der Waals surface area (Å²) < 4.78 is 5.26. The summed E-state index contributed by atoms with van der Waals surface area (Å²) in [6, 6.07) is 0.128. The Balaban J connectivity index is 3.92. The van der Waals surface area contributed by atoms with Crippen molar-refractivity contribution in [2.75, 3.05) is 13.1 Å². The minimum absolute atomic E-state index is 0.128. The molecule has 0 bridgehead atoms. The molecule has 0 saturated carbocycles. The zero-order valence-corrected chi connectivity index (χ0v) is 13.5. The summed E-state index contributed by atoms with van der Waals surface area (Å²) in [5.74, 6) is 0.684. The van der Waals surface area contributed by atoms with Crippen molar-refractivity contribution in [1.29, 1.82) is 0 Å². The molecule has 0 aliphatic heterocycles. The fourth-order valence-electron chi connectivity index (χ4n) is 1.87. The number of carbonyl (C=O) groups excluding carboxylic acids is 1. The van der Waals surface area contributed by atoms with Gasteiger partial charge in [-0.3, -0.25) is 0 Å². The van der Waals surface area contributed by atoms with Crippen molar-refractivity contribution in [1.82, 2.24) is 10.6 Å². The lowest BCUT2D eigenvalue weighted by Gasteiger charge is -2.23. The highest BCUT2D eigenvalue weighted by molar-refractivity contribution is 5.68. The Bertz CT molecular complexity index is 249. The lowest BCUT2D eigenvalue weighted by molar-refractivity contribution is 0.0502. The van der Waals surface area contributed by atoms with Gasteiger partial charge in [-0.25, -0.2) is 4.79 Å². The van der Waals surface area contributed by atoms with E-state index in [4.69, 9.17) is 4.74 Å². The minimum Gasteiger partial charge on any atom is -0.444 e. The lowest BCUT2D eigenvalue weighted by Crippen LogP contribution is -2.44. The molecular weight excluding hydrogens is 240 g/mol. The summed E-state index contributed by atoms with van der Waals surface area (Å²) in [6.07, 6.45) is 3.02. The van der Waals surface area contributed by atoms with Crippen LogP contribution in [-0.2, 0) is 4.74 Å². The predicted octanol–water partition coefficient (Wildman–Crippen LogP) is 3.32. The van der Waals surface area contributed by atoms with E-state index < -0.39 is 5.60 Å². The van der Waals surface area contributed by atoms with Gasteiger partial charge in [0.05, 0.1) is 0 Å². The molecule has 0 saturated heterocycles. The van der Waals surface area contributed by atoms with E-state index in [0.717, 1.165) is 19.5 Å². The molecule has 4 heteroatoms. The zero-order chi connectivity index (χ0) is 14.9. The monoisotopic (exact) mass is 272 g/mol. The van der Waals surface area contributed by atoms with Crippen LogP contribution in [0.2, 0.25) is 0 Å². The Hall–Kier alpha value is -0.770. The van der Waals surface area contributed by atoms with Crippen LogP contribution >= 0.6 is 0 Å². The van der Waals surface area contributed by atoms with Gasteiger partial charge in [0.2, 0.25) is 0 Å². The molecule has 0 heterocycles. The summed E-state index contributed by atoms with van der Waals surface area (Å²) in [4.78, 5) is 11.7. The standard InChI is InChI=1S/C15H32N2O2/c1-7-9-12(3)10-16-11-13(8-2)17-14(18)19-15(4,5)6/h12-13,16H,7-11H2,1-6H3,(H,17,18). The van der Waals surface area contributed by atoms with Crippen molar-refractivity contribution in [3.8, 4) is 0 Å². The van der Waals surface area contributed by atoms with E-state index in [9.17, 15) is 4.79 Å². The molecule has 1 amide bonds. The van der Waals surface area contributed by atoms with Crippen LogP contribution in [0.5, 0.6) is 0 Å². The second kappa shape index (κ2) is 9.18. The molecule has 114 valence electrons. The van der Waals surface area contributed by atoms with Crippen molar-refractivity contribution in [3.05, 3.63) is 0 Å². The van der Waals surface area contributed by atoms with Crippen LogP contribution in [0, 0.1) is 5.92 Å². The van der Waals surface area contributed by atoms with Crippen LogP contribution in [0.15, 0.2) is 0 Å². The highest BCUT2D eigenvalue weighted by atomic mass is 16.6. The minimum atomic E-state index is -0.439. The summed E-state index contributed by atoms with van der Waals surface area (Å²) in [5.41, 5.74) is -0.439. The fourth-order valence-corrected chi connectivity index (χ4v) is 1.87. The summed E-state index contributed by atoms with van der Waals surface area (Å²) in [7, 11) is 0. The molecule has 0 spiro atoms. The first-order valence-corrected chi connectivity index (χ1v) is 7.48. The molecule has 2 atom stereocenters. The summed E-state index contributed by atoms with van der Waals surface area (Å²) in [6.45, 7) is 13.9. The maximum Gasteiger partial charge on any atom is 0.407 e. The predicted molar refractivity (Wildman–Crippen MR) is 80.4 cm³/mol. The first kappa shape index (κ1) is 18.2. The van der Waals surface area contributed by atoms with Crippen molar-refractivity contribution in [2.24, 2.45) is 5.92 Å². The number of rotatable bonds is 8. The SMILES string of the molecule is CCCC(C)CNCC(CC)NC(=O)OC(C)(C)C. The van der Waals surface area contributed by atoms with Gasteiger partial charge < -0.3 is 15.4 Å². The van der Waals surface area contributed by atoms with Crippen LogP contribution in [0.3, 0.4) is 0 Å². The van der Waals surface area contributed by atoms with Crippen molar-refractivity contribution in [3.63, 3.8) is 0 Å². The first-order chi connectivity index (χ1) is 8.78. The second-order valence-electron chi connectivity index (χ2n) is 6.30. The van der Waals surface area contributed by atoms with E-state index in [0.29, 0.717) is 5.92 Å². The molecule has 0 aliphatic rings. The maximum absolute atomic E-state index is 11.7. The van der Waals surface area contributed by atoms with E-state index in [1.54, 1.807) is 0 Å². The second-order valence-corrected chi connectivity index (χ2v) is 6.30. The fraction of sp³-hybridized carbons (Fsp3) is 0.933. The van der Waals surface area contributed by atoms with Gasteiger partial charge in [0.15, 0.2) is 0 Å².